The minimum Gasteiger partial charge on any atom is -0.396 e. The first-order chi connectivity index (χ1) is 9.06. The van der Waals surface area contributed by atoms with E-state index in [-0.39, 0.29) is 29.4 Å². The van der Waals surface area contributed by atoms with Crippen LogP contribution in [0, 0.1) is 22.2 Å². The quantitative estimate of drug-likeness (QED) is 0.735. The van der Waals surface area contributed by atoms with Crippen molar-refractivity contribution in [1.29, 1.82) is 0 Å². The Morgan fingerprint density at radius 1 is 1.40 bits per heavy atom. The summed E-state index contributed by atoms with van der Waals surface area (Å²) in [5.41, 5.74) is -0.461. The van der Waals surface area contributed by atoms with Gasteiger partial charge in [0.15, 0.2) is 0 Å². The lowest BCUT2D eigenvalue weighted by atomic mass is 9.69. The first kappa shape index (κ1) is 15.8. The summed E-state index contributed by atoms with van der Waals surface area (Å²) >= 11 is 0. The molecular formula is C16H29NO3. The van der Waals surface area contributed by atoms with Crippen molar-refractivity contribution in [3.05, 3.63) is 0 Å². The van der Waals surface area contributed by atoms with E-state index in [9.17, 15) is 15.0 Å². The fourth-order valence-corrected chi connectivity index (χ4v) is 4.11. The lowest BCUT2D eigenvalue weighted by Gasteiger charge is -2.40. The van der Waals surface area contributed by atoms with Crippen molar-refractivity contribution in [3.8, 4) is 0 Å². The molecule has 0 heterocycles. The second-order valence-electron chi connectivity index (χ2n) is 8.22. The molecule has 0 aromatic rings. The SMILES string of the molecule is CC(C)(CO)C(O)C(=O)NC1CC2CCC1(C)C2(C)C. The van der Waals surface area contributed by atoms with Gasteiger partial charge in [-0.15, -0.1) is 0 Å². The van der Waals surface area contributed by atoms with Gasteiger partial charge in [-0.05, 0) is 36.0 Å². The fraction of sp³-hybridized carbons (Fsp3) is 0.938. The van der Waals surface area contributed by atoms with Crippen molar-refractivity contribution in [2.45, 2.75) is 66.0 Å². The van der Waals surface area contributed by atoms with Gasteiger partial charge in [-0.25, -0.2) is 0 Å². The molecule has 20 heavy (non-hydrogen) atoms. The third kappa shape index (κ3) is 2.08. The lowest BCUT2D eigenvalue weighted by molar-refractivity contribution is -0.138. The van der Waals surface area contributed by atoms with Gasteiger partial charge in [0.2, 0.25) is 5.91 Å². The molecule has 2 rings (SSSR count). The van der Waals surface area contributed by atoms with Crippen molar-refractivity contribution in [1.82, 2.24) is 5.32 Å². The minimum absolute atomic E-state index is 0.108. The predicted octanol–water partition coefficient (Wildman–Crippen LogP) is 1.70. The van der Waals surface area contributed by atoms with Crippen molar-refractivity contribution >= 4 is 5.91 Å². The number of aliphatic hydroxyl groups excluding tert-OH is 2. The van der Waals surface area contributed by atoms with Crippen LogP contribution in [0.2, 0.25) is 0 Å². The Morgan fingerprint density at radius 2 is 2.00 bits per heavy atom. The van der Waals surface area contributed by atoms with Gasteiger partial charge >= 0.3 is 0 Å². The van der Waals surface area contributed by atoms with E-state index in [4.69, 9.17) is 0 Å². The number of fused-ring (bicyclic) bond motifs is 2. The van der Waals surface area contributed by atoms with Gasteiger partial charge in [-0.3, -0.25) is 4.79 Å². The van der Waals surface area contributed by atoms with Gasteiger partial charge in [-0.1, -0.05) is 34.6 Å². The maximum atomic E-state index is 12.3. The molecular weight excluding hydrogens is 254 g/mol. The van der Waals surface area contributed by atoms with Gasteiger partial charge < -0.3 is 15.5 Å². The smallest absolute Gasteiger partial charge is 0.249 e. The third-order valence-electron chi connectivity index (χ3n) is 6.51. The summed E-state index contributed by atoms with van der Waals surface area (Å²) in [6.45, 7) is 10.0. The molecule has 2 aliphatic carbocycles. The second kappa shape index (κ2) is 4.70. The molecule has 0 radical (unpaired) electrons. The summed E-state index contributed by atoms with van der Waals surface area (Å²) < 4.78 is 0. The normalized spacial score (nSPS) is 37.0. The average Bonchev–Trinajstić information content (AvgIpc) is 2.70. The van der Waals surface area contributed by atoms with E-state index in [0.29, 0.717) is 5.92 Å². The zero-order chi connectivity index (χ0) is 15.3. The maximum absolute atomic E-state index is 12.3. The highest BCUT2D eigenvalue weighted by Gasteiger charge is 2.61. The third-order valence-corrected chi connectivity index (χ3v) is 6.51. The Morgan fingerprint density at radius 3 is 2.40 bits per heavy atom. The molecule has 0 spiro atoms. The van der Waals surface area contributed by atoms with E-state index < -0.39 is 11.5 Å². The number of aliphatic hydroxyl groups is 2. The molecule has 1 amide bonds. The zero-order valence-electron chi connectivity index (χ0n) is 13.4. The molecule has 2 saturated carbocycles. The van der Waals surface area contributed by atoms with Gasteiger partial charge in [-0.2, -0.15) is 0 Å². The van der Waals surface area contributed by atoms with E-state index in [1.165, 1.54) is 6.42 Å². The van der Waals surface area contributed by atoms with Crippen LogP contribution in [-0.2, 0) is 4.79 Å². The summed E-state index contributed by atoms with van der Waals surface area (Å²) in [7, 11) is 0. The van der Waals surface area contributed by atoms with Crippen molar-refractivity contribution in [3.63, 3.8) is 0 Å². The molecule has 2 fully saturated rings. The largest absolute Gasteiger partial charge is 0.396 e. The topological polar surface area (TPSA) is 69.6 Å². The van der Waals surface area contributed by atoms with E-state index in [1.807, 2.05) is 0 Å². The number of hydrogen-bond acceptors (Lipinski definition) is 3. The van der Waals surface area contributed by atoms with Crippen LogP contribution in [0.5, 0.6) is 0 Å². The molecule has 0 aliphatic heterocycles. The predicted molar refractivity (Wildman–Crippen MR) is 78.0 cm³/mol. The molecule has 116 valence electrons. The van der Waals surface area contributed by atoms with Crippen LogP contribution in [-0.4, -0.2) is 34.9 Å². The van der Waals surface area contributed by atoms with Crippen LogP contribution in [0.4, 0.5) is 0 Å². The summed E-state index contributed by atoms with van der Waals surface area (Å²) in [5, 5.41) is 22.4. The van der Waals surface area contributed by atoms with Crippen molar-refractivity contribution in [2.75, 3.05) is 6.61 Å². The highest BCUT2D eigenvalue weighted by atomic mass is 16.3. The van der Waals surface area contributed by atoms with Crippen LogP contribution in [0.25, 0.3) is 0 Å². The molecule has 0 aromatic heterocycles. The van der Waals surface area contributed by atoms with E-state index in [0.717, 1.165) is 12.8 Å². The molecule has 0 aromatic carbocycles. The first-order valence-corrected chi connectivity index (χ1v) is 7.65. The molecule has 4 heteroatoms. The summed E-state index contributed by atoms with van der Waals surface area (Å²) in [4.78, 5) is 12.3. The number of rotatable bonds is 4. The number of hydrogen-bond donors (Lipinski definition) is 3. The Labute approximate surface area is 122 Å². The number of carbonyl (C=O) groups excluding carboxylic acids is 1. The van der Waals surface area contributed by atoms with Crippen LogP contribution < -0.4 is 5.32 Å². The van der Waals surface area contributed by atoms with Gasteiger partial charge in [0.25, 0.3) is 0 Å². The Bertz CT molecular complexity index is 405. The van der Waals surface area contributed by atoms with Crippen molar-refractivity contribution < 1.29 is 15.0 Å². The molecule has 4 unspecified atom stereocenters. The van der Waals surface area contributed by atoms with E-state index in [1.54, 1.807) is 13.8 Å². The minimum atomic E-state index is -1.17. The van der Waals surface area contributed by atoms with Crippen LogP contribution in [0.15, 0.2) is 0 Å². The van der Waals surface area contributed by atoms with Crippen molar-refractivity contribution in [2.24, 2.45) is 22.2 Å². The van der Waals surface area contributed by atoms with Gasteiger partial charge in [0, 0.05) is 11.5 Å². The Balaban J connectivity index is 2.08. The monoisotopic (exact) mass is 283 g/mol. The molecule has 3 N–H and O–H groups in total. The second-order valence-corrected chi connectivity index (χ2v) is 8.22. The maximum Gasteiger partial charge on any atom is 0.249 e. The summed E-state index contributed by atoms with van der Waals surface area (Å²) in [5.74, 6) is 0.305. The van der Waals surface area contributed by atoms with Crippen LogP contribution in [0.3, 0.4) is 0 Å². The van der Waals surface area contributed by atoms with Gasteiger partial charge in [0.1, 0.15) is 6.10 Å². The molecule has 4 nitrogen and oxygen atoms in total. The van der Waals surface area contributed by atoms with E-state index in [2.05, 4.69) is 26.1 Å². The fourth-order valence-electron chi connectivity index (χ4n) is 4.11. The number of nitrogens with one attached hydrogen (secondary N) is 1. The lowest BCUT2D eigenvalue weighted by Crippen LogP contribution is -2.53. The number of carbonyl (C=O) groups is 1. The summed E-state index contributed by atoms with van der Waals surface area (Å²) in [6.07, 6.45) is 2.20. The van der Waals surface area contributed by atoms with E-state index >= 15 is 0 Å². The Kier molecular flexibility index (Phi) is 3.71. The number of amides is 1. The van der Waals surface area contributed by atoms with Gasteiger partial charge in [0.05, 0.1) is 6.61 Å². The molecule has 2 aliphatic rings. The van der Waals surface area contributed by atoms with Crippen LogP contribution >= 0.6 is 0 Å². The standard InChI is InChI=1S/C16H29NO3/c1-14(2,9-18)12(19)13(20)17-11-8-10-6-7-16(11,5)15(10,3)4/h10-12,18-19H,6-9H2,1-5H3,(H,17,20). The summed E-state index contributed by atoms with van der Waals surface area (Å²) in [6, 6.07) is 0.132. The highest BCUT2D eigenvalue weighted by molar-refractivity contribution is 5.81. The highest BCUT2D eigenvalue weighted by Crippen LogP contribution is 2.65. The average molecular weight is 283 g/mol. The van der Waals surface area contributed by atoms with Crippen LogP contribution in [0.1, 0.15) is 53.9 Å². The first-order valence-electron chi connectivity index (χ1n) is 7.65. The molecule has 0 saturated heterocycles. The Hall–Kier alpha value is -0.610. The molecule has 4 atom stereocenters. The molecule has 2 bridgehead atoms. The zero-order valence-corrected chi connectivity index (χ0v) is 13.4.